The highest BCUT2D eigenvalue weighted by atomic mass is 16.5. The summed E-state index contributed by atoms with van der Waals surface area (Å²) in [5, 5.41) is 6.72. The number of para-hydroxylation sites is 1. The Kier molecular flexibility index (Phi) is 10.8. The van der Waals surface area contributed by atoms with Gasteiger partial charge in [0.05, 0.1) is 32.4 Å². The minimum Gasteiger partial charge on any atom is -0.496 e. The summed E-state index contributed by atoms with van der Waals surface area (Å²) in [4.78, 5) is 6.97. The van der Waals surface area contributed by atoms with Crippen LogP contribution in [0, 0.1) is 0 Å². The second-order valence-electron chi connectivity index (χ2n) is 7.43. The second-order valence-corrected chi connectivity index (χ2v) is 7.43. The number of rotatable bonds is 12. The van der Waals surface area contributed by atoms with Gasteiger partial charge in [-0.1, -0.05) is 18.2 Å². The molecule has 0 spiro atoms. The number of aliphatic imine (C=N–C) groups is 1. The van der Waals surface area contributed by atoms with E-state index in [0.29, 0.717) is 19.3 Å². The summed E-state index contributed by atoms with van der Waals surface area (Å²) in [5.74, 6) is 1.72. The molecular weight excluding hydrogens is 368 g/mol. The first-order valence-electron chi connectivity index (χ1n) is 10.7. The van der Waals surface area contributed by atoms with Crippen molar-refractivity contribution in [3.8, 4) is 5.75 Å². The van der Waals surface area contributed by atoms with E-state index < -0.39 is 0 Å². The number of hydrogen-bond acceptors (Lipinski definition) is 5. The fourth-order valence-corrected chi connectivity index (χ4v) is 3.37. The highest BCUT2D eigenvalue weighted by Gasteiger charge is 2.18. The van der Waals surface area contributed by atoms with Crippen molar-refractivity contribution in [1.29, 1.82) is 0 Å². The van der Waals surface area contributed by atoms with Crippen LogP contribution in [0.15, 0.2) is 29.3 Å². The van der Waals surface area contributed by atoms with Gasteiger partial charge in [-0.3, -0.25) is 4.99 Å². The number of benzene rings is 1. The van der Waals surface area contributed by atoms with Crippen molar-refractivity contribution in [2.45, 2.75) is 38.3 Å². The minimum absolute atomic E-state index is 0.136. The molecule has 164 valence electrons. The van der Waals surface area contributed by atoms with Crippen LogP contribution in [-0.4, -0.2) is 77.6 Å². The zero-order chi connectivity index (χ0) is 20.9. The van der Waals surface area contributed by atoms with Crippen molar-refractivity contribution < 1.29 is 14.2 Å². The third kappa shape index (κ3) is 8.20. The predicted octanol–water partition coefficient (Wildman–Crippen LogP) is 2.44. The molecule has 1 fully saturated rings. The average molecular weight is 407 g/mol. The standard InChI is InChI=1S/C22H38N4O3/c1-5-23-22(24-13-9-14-28-17-18-10-8-15-29-18)25-16-20(26(2)3)19-11-6-7-12-21(19)27-4/h6-7,11-12,18,20H,5,8-10,13-17H2,1-4H3,(H2,23,24,25). The normalized spacial score (nSPS) is 18.1. The molecule has 0 aromatic heterocycles. The molecule has 2 N–H and O–H groups in total. The lowest BCUT2D eigenvalue weighted by atomic mass is 10.0. The van der Waals surface area contributed by atoms with Gasteiger partial charge in [-0.2, -0.15) is 0 Å². The minimum atomic E-state index is 0.136. The van der Waals surface area contributed by atoms with Crippen molar-refractivity contribution in [3.63, 3.8) is 0 Å². The van der Waals surface area contributed by atoms with E-state index in [-0.39, 0.29) is 6.04 Å². The molecule has 1 aliphatic rings. The summed E-state index contributed by atoms with van der Waals surface area (Å²) in [6, 6.07) is 8.26. The van der Waals surface area contributed by atoms with Gasteiger partial charge >= 0.3 is 0 Å². The zero-order valence-corrected chi connectivity index (χ0v) is 18.4. The number of methoxy groups -OCH3 is 1. The molecule has 0 radical (unpaired) electrons. The highest BCUT2D eigenvalue weighted by Crippen LogP contribution is 2.28. The first kappa shape index (κ1) is 23.4. The highest BCUT2D eigenvalue weighted by molar-refractivity contribution is 5.79. The van der Waals surface area contributed by atoms with Gasteiger partial charge in [-0.05, 0) is 46.3 Å². The molecule has 0 saturated carbocycles. The van der Waals surface area contributed by atoms with E-state index in [1.54, 1.807) is 7.11 Å². The lowest BCUT2D eigenvalue weighted by molar-refractivity contribution is 0.0168. The summed E-state index contributed by atoms with van der Waals surface area (Å²) < 4.78 is 16.8. The zero-order valence-electron chi connectivity index (χ0n) is 18.4. The Morgan fingerprint density at radius 3 is 2.83 bits per heavy atom. The summed E-state index contributed by atoms with van der Waals surface area (Å²) >= 11 is 0. The quantitative estimate of drug-likeness (QED) is 0.316. The molecule has 29 heavy (non-hydrogen) atoms. The molecule has 1 heterocycles. The maximum absolute atomic E-state index is 5.73. The molecule has 0 aliphatic carbocycles. The Morgan fingerprint density at radius 1 is 1.31 bits per heavy atom. The van der Waals surface area contributed by atoms with Crippen LogP contribution in [-0.2, 0) is 9.47 Å². The van der Waals surface area contributed by atoms with Crippen LogP contribution in [0.1, 0.15) is 37.8 Å². The van der Waals surface area contributed by atoms with Gasteiger partial charge in [0.2, 0.25) is 0 Å². The lowest BCUT2D eigenvalue weighted by Gasteiger charge is -2.25. The predicted molar refractivity (Wildman–Crippen MR) is 118 cm³/mol. The molecule has 1 aliphatic heterocycles. The van der Waals surface area contributed by atoms with Crippen LogP contribution in [0.2, 0.25) is 0 Å². The van der Waals surface area contributed by atoms with Crippen LogP contribution in [0.25, 0.3) is 0 Å². The Hall–Kier alpha value is -1.83. The van der Waals surface area contributed by atoms with Crippen LogP contribution in [0.3, 0.4) is 0 Å². The van der Waals surface area contributed by atoms with Crippen LogP contribution in [0.4, 0.5) is 0 Å². The third-order valence-electron chi connectivity index (χ3n) is 4.97. The van der Waals surface area contributed by atoms with Crippen molar-refractivity contribution in [2.24, 2.45) is 4.99 Å². The lowest BCUT2D eigenvalue weighted by Crippen LogP contribution is -2.39. The molecule has 1 aromatic carbocycles. The summed E-state index contributed by atoms with van der Waals surface area (Å²) in [7, 11) is 5.85. The summed E-state index contributed by atoms with van der Waals surface area (Å²) in [5.41, 5.74) is 1.14. The number of guanidine groups is 1. The average Bonchev–Trinajstić information content (AvgIpc) is 3.24. The molecule has 1 aromatic rings. The molecule has 7 heteroatoms. The van der Waals surface area contributed by atoms with E-state index in [0.717, 1.165) is 62.8 Å². The molecule has 2 unspecified atom stereocenters. The van der Waals surface area contributed by atoms with E-state index in [1.807, 2.05) is 18.2 Å². The van der Waals surface area contributed by atoms with E-state index in [4.69, 9.17) is 19.2 Å². The fraction of sp³-hybridized carbons (Fsp3) is 0.682. The number of nitrogens with zero attached hydrogens (tertiary/aromatic N) is 2. The van der Waals surface area contributed by atoms with Crippen molar-refractivity contribution in [2.75, 3.05) is 60.7 Å². The molecule has 2 rings (SSSR count). The molecular formula is C22H38N4O3. The molecule has 0 amide bonds. The summed E-state index contributed by atoms with van der Waals surface area (Å²) in [6.07, 6.45) is 3.50. The molecule has 0 bridgehead atoms. The smallest absolute Gasteiger partial charge is 0.191 e. The summed E-state index contributed by atoms with van der Waals surface area (Å²) in [6.45, 7) is 6.66. The van der Waals surface area contributed by atoms with Gasteiger partial charge in [-0.25, -0.2) is 0 Å². The van der Waals surface area contributed by atoms with Gasteiger partial charge in [-0.15, -0.1) is 0 Å². The first-order valence-corrected chi connectivity index (χ1v) is 10.7. The first-order chi connectivity index (χ1) is 14.2. The molecule has 7 nitrogen and oxygen atoms in total. The van der Waals surface area contributed by atoms with E-state index in [2.05, 4.69) is 42.6 Å². The van der Waals surface area contributed by atoms with Crippen molar-refractivity contribution in [1.82, 2.24) is 15.5 Å². The van der Waals surface area contributed by atoms with Crippen LogP contribution in [0.5, 0.6) is 5.75 Å². The Bertz CT molecular complexity index is 603. The van der Waals surface area contributed by atoms with Crippen molar-refractivity contribution in [3.05, 3.63) is 29.8 Å². The number of nitrogens with one attached hydrogen (secondary N) is 2. The second kappa shape index (κ2) is 13.4. The Labute approximate surface area is 175 Å². The van der Waals surface area contributed by atoms with E-state index in [1.165, 1.54) is 0 Å². The topological polar surface area (TPSA) is 67.4 Å². The van der Waals surface area contributed by atoms with Gasteiger partial charge in [0.15, 0.2) is 5.96 Å². The molecule has 1 saturated heterocycles. The molecule has 2 atom stereocenters. The Balaban J connectivity index is 1.82. The maximum atomic E-state index is 5.73. The van der Waals surface area contributed by atoms with E-state index in [9.17, 15) is 0 Å². The van der Waals surface area contributed by atoms with Gasteiger partial charge in [0.1, 0.15) is 5.75 Å². The maximum Gasteiger partial charge on any atom is 0.191 e. The van der Waals surface area contributed by atoms with Crippen LogP contribution < -0.4 is 15.4 Å². The van der Waals surface area contributed by atoms with Crippen molar-refractivity contribution >= 4 is 5.96 Å². The number of ether oxygens (including phenoxy) is 3. The largest absolute Gasteiger partial charge is 0.496 e. The third-order valence-corrected chi connectivity index (χ3v) is 4.97. The number of hydrogen-bond donors (Lipinski definition) is 2. The van der Waals surface area contributed by atoms with Gasteiger partial charge in [0, 0.05) is 31.9 Å². The van der Waals surface area contributed by atoms with E-state index >= 15 is 0 Å². The van der Waals surface area contributed by atoms with Gasteiger partial charge in [0.25, 0.3) is 0 Å². The number of likely N-dealkylation sites (N-methyl/N-ethyl adjacent to an activating group) is 1. The van der Waals surface area contributed by atoms with Gasteiger partial charge < -0.3 is 29.7 Å². The monoisotopic (exact) mass is 406 g/mol. The Morgan fingerprint density at radius 2 is 2.14 bits per heavy atom. The SMILES string of the molecule is CCNC(=NCC(c1ccccc1OC)N(C)C)NCCCOCC1CCCO1. The fourth-order valence-electron chi connectivity index (χ4n) is 3.37. The van der Waals surface area contributed by atoms with Crippen LogP contribution >= 0.6 is 0 Å².